The molecule has 136 valence electrons. The largest absolute Gasteiger partial charge is 0.340 e. The van der Waals surface area contributed by atoms with E-state index in [4.69, 9.17) is 0 Å². The molecule has 1 aliphatic carbocycles. The van der Waals surface area contributed by atoms with Crippen LogP contribution in [-0.2, 0) is 11.8 Å². The summed E-state index contributed by atoms with van der Waals surface area (Å²) in [6.45, 7) is 2.59. The molecule has 2 aliphatic rings. The number of hydrogen-bond acceptors (Lipinski definition) is 4. The second kappa shape index (κ2) is 5.43. The quantitative estimate of drug-likeness (QED) is 0.719. The zero-order valence-corrected chi connectivity index (χ0v) is 15.3. The number of fused-ring (bicyclic) bond motifs is 1. The third kappa shape index (κ3) is 2.16. The first kappa shape index (κ1) is 16.1. The van der Waals surface area contributed by atoms with Gasteiger partial charge in [0, 0.05) is 43.7 Å². The molecule has 0 N–H and O–H groups in total. The molecule has 3 aromatic rings. The van der Waals surface area contributed by atoms with Crippen molar-refractivity contribution in [3.63, 3.8) is 0 Å². The Morgan fingerprint density at radius 2 is 2.15 bits per heavy atom. The number of hydrogen-bond donors (Lipinski definition) is 0. The predicted octanol–water partition coefficient (Wildman–Crippen LogP) is 2.64. The number of anilines is 1. The highest BCUT2D eigenvalue weighted by Gasteiger charge is 2.61. The second-order valence-corrected chi connectivity index (χ2v) is 7.77. The minimum Gasteiger partial charge on any atom is -0.340 e. The van der Waals surface area contributed by atoms with E-state index in [1.165, 1.54) is 0 Å². The van der Waals surface area contributed by atoms with Crippen molar-refractivity contribution in [3.05, 3.63) is 37.1 Å². The summed E-state index contributed by atoms with van der Waals surface area (Å²) in [4.78, 5) is 19.5. The van der Waals surface area contributed by atoms with Gasteiger partial charge >= 0.3 is 0 Å². The molecule has 0 bridgehead atoms. The van der Waals surface area contributed by atoms with Crippen LogP contribution in [0.2, 0.25) is 0 Å². The van der Waals surface area contributed by atoms with Gasteiger partial charge in [-0.05, 0) is 30.9 Å². The van der Waals surface area contributed by atoms with Crippen LogP contribution in [0.4, 0.5) is 5.69 Å². The van der Waals surface area contributed by atoms with E-state index in [9.17, 15) is 10.1 Å². The zero-order valence-electron chi connectivity index (χ0n) is 15.3. The van der Waals surface area contributed by atoms with Gasteiger partial charge in [0.05, 0.1) is 29.3 Å². The first-order chi connectivity index (χ1) is 13.0. The first-order valence-electron chi connectivity index (χ1n) is 9.23. The molecule has 1 amide bonds. The number of rotatable bonds is 3. The van der Waals surface area contributed by atoms with Crippen molar-refractivity contribution < 1.29 is 4.79 Å². The molecule has 2 atom stereocenters. The minimum absolute atomic E-state index is 0.0148. The fraction of sp³-hybridized carbons (Fsp3) is 0.400. The van der Waals surface area contributed by atoms with Gasteiger partial charge in [-0.15, -0.1) is 0 Å². The van der Waals surface area contributed by atoms with Crippen LogP contribution in [-0.4, -0.2) is 31.6 Å². The molecule has 0 spiro atoms. The van der Waals surface area contributed by atoms with Crippen LogP contribution in [0, 0.1) is 28.6 Å². The normalized spacial score (nSPS) is 25.3. The SMILES string of the molecule is C[C@@H]1CN(c2ccnn3cc(-c4cn(C)cn4)cc23)C(=O)[C@]1(C#N)C1CC1. The van der Waals surface area contributed by atoms with Gasteiger partial charge < -0.3 is 9.47 Å². The molecule has 4 heterocycles. The summed E-state index contributed by atoms with van der Waals surface area (Å²) in [7, 11) is 1.93. The lowest BCUT2D eigenvalue weighted by atomic mass is 9.75. The number of nitriles is 1. The van der Waals surface area contributed by atoms with E-state index in [1.54, 1.807) is 21.9 Å². The van der Waals surface area contributed by atoms with Gasteiger partial charge in [0.2, 0.25) is 5.91 Å². The molecule has 3 aromatic heterocycles. The standard InChI is InChI=1S/C20H20N6O/c1-13-8-25(19(27)20(13,11-21)15-3-4-15)17-5-6-23-26-9-14(7-18(17)26)16-10-24(2)12-22-16/h5-7,9-10,12-13,15H,3-4,8H2,1-2H3/t13-,20+/m1/s1. The molecule has 1 aliphatic heterocycles. The topological polar surface area (TPSA) is 79.2 Å². The molecule has 2 fully saturated rings. The van der Waals surface area contributed by atoms with Crippen molar-refractivity contribution in [3.8, 4) is 17.3 Å². The molecule has 7 nitrogen and oxygen atoms in total. The summed E-state index contributed by atoms with van der Waals surface area (Å²) >= 11 is 0. The number of aromatic nitrogens is 4. The van der Waals surface area contributed by atoms with Crippen LogP contribution < -0.4 is 4.90 Å². The van der Waals surface area contributed by atoms with Crippen LogP contribution in [0.3, 0.4) is 0 Å². The Morgan fingerprint density at radius 1 is 1.33 bits per heavy atom. The monoisotopic (exact) mass is 360 g/mol. The fourth-order valence-corrected chi connectivity index (χ4v) is 4.44. The van der Waals surface area contributed by atoms with Crippen LogP contribution in [0.5, 0.6) is 0 Å². The third-order valence-electron chi connectivity index (χ3n) is 6.02. The Hall–Kier alpha value is -3.14. The Balaban J connectivity index is 1.60. The molecule has 0 radical (unpaired) electrons. The lowest BCUT2D eigenvalue weighted by Crippen LogP contribution is -2.37. The zero-order chi connectivity index (χ0) is 18.8. The van der Waals surface area contributed by atoms with Gasteiger partial charge in [0.25, 0.3) is 0 Å². The van der Waals surface area contributed by atoms with E-state index >= 15 is 0 Å². The third-order valence-corrected chi connectivity index (χ3v) is 6.02. The minimum atomic E-state index is -0.878. The van der Waals surface area contributed by atoms with Crippen molar-refractivity contribution in [2.75, 3.05) is 11.4 Å². The van der Waals surface area contributed by atoms with Crippen LogP contribution in [0.25, 0.3) is 16.8 Å². The molecular formula is C20H20N6O. The van der Waals surface area contributed by atoms with E-state index in [0.29, 0.717) is 6.54 Å². The second-order valence-electron chi connectivity index (χ2n) is 7.77. The van der Waals surface area contributed by atoms with Crippen molar-refractivity contribution in [1.29, 1.82) is 5.26 Å². The molecule has 0 aromatic carbocycles. The Morgan fingerprint density at radius 3 is 2.81 bits per heavy atom. The van der Waals surface area contributed by atoms with Crippen LogP contribution in [0.1, 0.15) is 19.8 Å². The van der Waals surface area contributed by atoms with Crippen molar-refractivity contribution in [2.45, 2.75) is 19.8 Å². The van der Waals surface area contributed by atoms with Gasteiger partial charge in [-0.1, -0.05) is 6.92 Å². The number of carbonyl (C=O) groups is 1. The number of amides is 1. The van der Waals surface area contributed by atoms with E-state index in [0.717, 1.165) is 35.3 Å². The smallest absolute Gasteiger partial charge is 0.248 e. The van der Waals surface area contributed by atoms with Gasteiger partial charge in [0.1, 0.15) is 5.41 Å². The van der Waals surface area contributed by atoms with Gasteiger partial charge in [0.15, 0.2) is 0 Å². The molecule has 27 heavy (non-hydrogen) atoms. The molecule has 7 heteroatoms. The van der Waals surface area contributed by atoms with Crippen molar-refractivity contribution in [1.82, 2.24) is 19.2 Å². The average molecular weight is 360 g/mol. The maximum atomic E-state index is 13.3. The van der Waals surface area contributed by atoms with E-state index in [-0.39, 0.29) is 17.7 Å². The van der Waals surface area contributed by atoms with E-state index in [2.05, 4.69) is 16.2 Å². The summed E-state index contributed by atoms with van der Waals surface area (Å²) in [5, 5.41) is 14.3. The van der Waals surface area contributed by atoms with E-state index in [1.807, 2.05) is 43.1 Å². The maximum Gasteiger partial charge on any atom is 0.248 e. The Kier molecular flexibility index (Phi) is 3.23. The van der Waals surface area contributed by atoms with Crippen LogP contribution in [0.15, 0.2) is 37.1 Å². The molecular weight excluding hydrogens is 340 g/mol. The molecule has 1 saturated heterocycles. The summed E-state index contributed by atoms with van der Waals surface area (Å²) in [5.74, 6) is 0.151. The highest BCUT2D eigenvalue weighted by Crippen LogP contribution is 2.54. The highest BCUT2D eigenvalue weighted by molar-refractivity contribution is 6.05. The number of imidazole rings is 1. The highest BCUT2D eigenvalue weighted by atomic mass is 16.2. The molecule has 0 unspecified atom stereocenters. The maximum absolute atomic E-state index is 13.3. The average Bonchev–Trinajstić information content (AvgIpc) is 3.16. The number of carbonyl (C=O) groups excluding carboxylic acids is 1. The number of aryl methyl sites for hydroxylation is 1. The lowest BCUT2D eigenvalue weighted by Gasteiger charge is -2.23. The molecule has 5 rings (SSSR count). The summed E-state index contributed by atoms with van der Waals surface area (Å²) in [5.41, 5.74) is 2.59. The predicted molar refractivity (Wildman–Crippen MR) is 99.7 cm³/mol. The van der Waals surface area contributed by atoms with Crippen molar-refractivity contribution in [2.24, 2.45) is 24.3 Å². The summed E-state index contributed by atoms with van der Waals surface area (Å²) in [6, 6.07) is 6.26. The lowest BCUT2D eigenvalue weighted by molar-refractivity contribution is -0.124. The van der Waals surface area contributed by atoms with Crippen molar-refractivity contribution >= 4 is 17.1 Å². The Bertz CT molecular complexity index is 1100. The summed E-state index contributed by atoms with van der Waals surface area (Å²) < 4.78 is 3.68. The Labute approximate surface area is 156 Å². The summed E-state index contributed by atoms with van der Waals surface area (Å²) in [6.07, 6.45) is 9.27. The van der Waals surface area contributed by atoms with Gasteiger partial charge in [-0.3, -0.25) is 4.79 Å². The molecule has 1 saturated carbocycles. The van der Waals surface area contributed by atoms with Crippen LogP contribution >= 0.6 is 0 Å². The fourth-order valence-electron chi connectivity index (χ4n) is 4.44. The first-order valence-corrected chi connectivity index (χ1v) is 9.23. The van der Waals surface area contributed by atoms with Gasteiger partial charge in [-0.25, -0.2) is 9.50 Å². The van der Waals surface area contributed by atoms with E-state index < -0.39 is 5.41 Å². The number of nitrogens with zero attached hydrogens (tertiary/aromatic N) is 6. The van der Waals surface area contributed by atoms with Gasteiger partial charge in [-0.2, -0.15) is 10.4 Å².